The lowest BCUT2D eigenvalue weighted by molar-refractivity contribution is -0.0520. The van der Waals surface area contributed by atoms with E-state index in [2.05, 4.69) is 29.7 Å². The molecule has 3 fully saturated rings. The van der Waals surface area contributed by atoms with Crippen molar-refractivity contribution < 1.29 is 9.84 Å². The Morgan fingerprint density at radius 1 is 1.08 bits per heavy atom. The fraction of sp³-hybridized carbons (Fsp3) is 0.706. The van der Waals surface area contributed by atoms with Gasteiger partial charge < -0.3 is 19.7 Å². The molecule has 8 nitrogen and oxygen atoms in total. The molecule has 3 aliphatic rings. The van der Waals surface area contributed by atoms with Crippen LogP contribution in [0.5, 0.6) is 0 Å². The second kappa shape index (κ2) is 6.19. The SMILES string of the molecule is O[C@@H]1C[C@H]2CN(c3ncnc4nc[nH]c34)C[C@H]2C[C@H]1N1CCOCC1. The Kier molecular flexibility index (Phi) is 3.83. The molecule has 1 saturated carbocycles. The molecule has 4 atom stereocenters. The lowest BCUT2D eigenvalue weighted by Crippen LogP contribution is -2.53. The normalized spacial score (nSPS) is 33.7. The van der Waals surface area contributed by atoms with Crippen LogP contribution in [0.15, 0.2) is 12.7 Å². The van der Waals surface area contributed by atoms with Gasteiger partial charge in [-0.05, 0) is 24.7 Å². The summed E-state index contributed by atoms with van der Waals surface area (Å²) < 4.78 is 5.47. The average Bonchev–Trinajstić information content (AvgIpc) is 3.27. The third-order valence-electron chi connectivity index (χ3n) is 6.13. The second-order valence-corrected chi connectivity index (χ2v) is 7.48. The summed E-state index contributed by atoms with van der Waals surface area (Å²) >= 11 is 0. The van der Waals surface area contributed by atoms with Crippen molar-refractivity contribution in [3.8, 4) is 0 Å². The summed E-state index contributed by atoms with van der Waals surface area (Å²) in [5.41, 5.74) is 1.62. The Bertz CT molecular complexity index is 746. The summed E-state index contributed by atoms with van der Waals surface area (Å²) in [6.07, 6.45) is 4.95. The molecule has 2 aliphatic heterocycles. The predicted octanol–water partition coefficient (Wildman–Crippen LogP) is 0.261. The molecule has 0 unspecified atom stereocenters. The number of H-pyrrole nitrogens is 1. The van der Waals surface area contributed by atoms with Crippen molar-refractivity contribution in [2.24, 2.45) is 11.8 Å². The highest BCUT2D eigenvalue weighted by atomic mass is 16.5. The van der Waals surface area contributed by atoms with Gasteiger partial charge in [0.1, 0.15) is 11.8 Å². The summed E-state index contributed by atoms with van der Waals surface area (Å²) in [6, 6.07) is 0.266. The van der Waals surface area contributed by atoms with Gasteiger partial charge in [0.15, 0.2) is 11.5 Å². The minimum atomic E-state index is -0.239. The van der Waals surface area contributed by atoms with E-state index in [1.165, 1.54) is 0 Å². The Morgan fingerprint density at radius 3 is 2.72 bits per heavy atom. The van der Waals surface area contributed by atoms with Gasteiger partial charge >= 0.3 is 0 Å². The highest BCUT2D eigenvalue weighted by Crippen LogP contribution is 2.40. The number of fused-ring (bicyclic) bond motifs is 2. The molecule has 2 saturated heterocycles. The maximum atomic E-state index is 10.7. The van der Waals surface area contributed by atoms with Gasteiger partial charge in [0.05, 0.1) is 25.6 Å². The van der Waals surface area contributed by atoms with Crippen molar-refractivity contribution in [1.82, 2.24) is 24.8 Å². The number of nitrogens with zero attached hydrogens (tertiary/aromatic N) is 5. The van der Waals surface area contributed by atoms with E-state index in [-0.39, 0.29) is 12.1 Å². The van der Waals surface area contributed by atoms with Crippen molar-refractivity contribution in [3.05, 3.63) is 12.7 Å². The van der Waals surface area contributed by atoms with Gasteiger partial charge in [-0.2, -0.15) is 0 Å². The number of aromatic nitrogens is 4. The number of morpholine rings is 1. The number of anilines is 1. The lowest BCUT2D eigenvalue weighted by Gasteiger charge is -2.43. The first-order valence-electron chi connectivity index (χ1n) is 9.18. The molecule has 8 heteroatoms. The number of hydrogen-bond acceptors (Lipinski definition) is 7. The Balaban J connectivity index is 1.35. The average molecular weight is 344 g/mol. The van der Waals surface area contributed by atoms with Crippen molar-refractivity contribution in [1.29, 1.82) is 0 Å². The molecule has 0 bridgehead atoms. The maximum absolute atomic E-state index is 10.7. The third kappa shape index (κ3) is 2.68. The van der Waals surface area contributed by atoms with Crippen LogP contribution in [0.2, 0.25) is 0 Å². The first kappa shape index (κ1) is 15.5. The monoisotopic (exact) mass is 344 g/mol. The molecule has 134 valence electrons. The molecule has 1 aliphatic carbocycles. The number of nitrogens with one attached hydrogen (secondary N) is 1. The first-order valence-corrected chi connectivity index (χ1v) is 9.18. The van der Waals surface area contributed by atoms with Gasteiger partial charge in [-0.3, -0.25) is 4.90 Å². The van der Waals surface area contributed by atoms with Crippen LogP contribution in [0.25, 0.3) is 11.2 Å². The molecule has 0 spiro atoms. The number of rotatable bonds is 2. The van der Waals surface area contributed by atoms with E-state index in [1.807, 2.05) is 0 Å². The van der Waals surface area contributed by atoms with Crippen LogP contribution in [0.1, 0.15) is 12.8 Å². The zero-order chi connectivity index (χ0) is 16.8. The van der Waals surface area contributed by atoms with E-state index >= 15 is 0 Å². The Labute approximate surface area is 146 Å². The molecular weight excluding hydrogens is 320 g/mol. The molecule has 4 heterocycles. The van der Waals surface area contributed by atoms with Gasteiger partial charge in [-0.1, -0.05) is 0 Å². The van der Waals surface area contributed by atoms with Crippen LogP contribution >= 0.6 is 0 Å². The summed E-state index contributed by atoms with van der Waals surface area (Å²) in [7, 11) is 0. The van der Waals surface area contributed by atoms with E-state index in [4.69, 9.17) is 4.74 Å². The quantitative estimate of drug-likeness (QED) is 0.808. The van der Waals surface area contributed by atoms with E-state index < -0.39 is 0 Å². The zero-order valence-corrected chi connectivity index (χ0v) is 14.2. The van der Waals surface area contributed by atoms with Crippen LogP contribution in [0, 0.1) is 11.8 Å². The molecule has 25 heavy (non-hydrogen) atoms. The fourth-order valence-electron chi connectivity index (χ4n) is 4.87. The standard InChI is InChI=1S/C17H24N6O2/c24-14-6-12-8-23(17-15-16(19-9-18-15)20-10-21-17)7-11(12)5-13(14)22-1-3-25-4-2-22/h9-14,24H,1-8H2,(H,18,19,20,21)/t11-,12+,13-,14-/m1/s1. The minimum absolute atomic E-state index is 0.239. The van der Waals surface area contributed by atoms with Crippen LogP contribution in [0.3, 0.4) is 0 Å². The van der Waals surface area contributed by atoms with Gasteiger partial charge in [0.2, 0.25) is 0 Å². The largest absolute Gasteiger partial charge is 0.391 e. The van der Waals surface area contributed by atoms with E-state index in [9.17, 15) is 5.11 Å². The molecule has 2 aromatic rings. The highest BCUT2D eigenvalue weighted by molar-refractivity contribution is 5.82. The van der Waals surface area contributed by atoms with Crippen molar-refractivity contribution in [2.75, 3.05) is 44.3 Å². The predicted molar refractivity (Wildman–Crippen MR) is 92.3 cm³/mol. The Morgan fingerprint density at radius 2 is 1.88 bits per heavy atom. The number of imidazole rings is 1. The highest BCUT2D eigenvalue weighted by Gasteiger charge is 2.44. The van der Waals surface area contributed by atoms with Gasteiger partial charge in [0, 0.05) is 32.2 Å². The van der Waals surface area contributed by atoms with E-state index in [1.54, 1.807) is 12.7 Å². The van der Waals surface area contributed by atoms with Crippen LogP contribution in [-0.2, 0) is 4.74 Å². The number of hydrogen-bond donors (Lipinski definition) is 2. The number of aliphatic hydroxyl groups is 1. The Hall–Kier alpha value is -1.77. The first-order chi connectivity index (χ1) is 12.3. The minimum Gasteiger partial charge on any atom is -0.391 e. The number of aliphatic hydroxyl groups excluding tert-OH is 1. The maximum Gasteiger partial charge on any atom is 0.182 e. The van der Waals surface area contributed by atoms with Crippen molar-refractivity contribution in [3.63, 3.8) is 0 Å². The van der Waals surface area contributed by atoms with Crippen molar-refractivity contribution in [2.45, 2.75) is 25.0 Å². The van der Waals surface area contributed by atoms with Crippen LogP contribution in [-0.4, -0.2) is 81.5 Å². The zero-order valence-electron chi connectivity index (χ0n) is 14.2. The summed E-state index contributed by atoms with van der Waals surface area (Å²) in [5.74, 6) is 2.07. The molecule has 2 aromatic heterocycles. The van der Waals surface area contributed by atoms with E-state index in [0.29, 0.717) is 17.5 Å². The molecular formula is C17H24N6O2. The molecule has 0 aromatic carbocycles. The van der Waals surface area contributed by atoms with Crippen molar-refractivity contribution >= 4 is 17.0 Å². The van der Waals surface area contributed by atoms with Crippen LogP contribution in [0.4, 0.5) is 5.82 Å². The molecule has 2 N–H and O–H groups in total. The lowest BCUT2D eigenvalue weighted by atomic mass is 9.77. The summed E-state index contributed by atoms with van der Waals surface area (Å²) in [4.78, 5) is 20.9. The molecule has 0 amide bonds. The molecule has 5 rings (SSSR count). The van der Waals surface area contributed by atoms with Gasteiger partial charge in [0.25, 0.3) is 0 Å². The number of ether oxygens (including phenoxy) is 1. The fourth-order valence-corrected chi connectivity index (χ4v) is 4.87. The molecule has 0 radical (unpaired) electrons. The van der Waals surface area contributed by atoms with Crippen LogP contribution < -0.4 is 4.90 Å². The topological polar surface area (TPSA) is 90.4 Å². The summed E-state index contributed by atoms with van der Waals surface area (Å²) in [5, 5.41) is 10.7. The van der Waals surface area contributed by atoms with Gasteiger partial charge in [-0.15, -0.1) is 0 Å². The van der Waals surface area contributed by atoms with Gasteiger partial charge in [-0.25, -0.2) is 15.0 Å². The second-order valence-electron chi connectivity index (χ2n) is 7.48. The summed E-state index contributed by atoms with van der Waals surface area (Å²) in [6.45, 7) is 5.36. The van der Waals surface area contributed by atoms with E-state index in [0.717, 1.165) is 63.6 Å². The number of aromatic amines is 1. The third-order valence-corrected chi connectivity index (χ3v) is 6.13. The smallest absolute Gasteiger partial charge is 0.182 e.